The number of aryl methyl sites for hydroxylation is 1. The molecule has 0 bridgehead atoms. The van der Waals surface area contributed by atoms with Gasteiger partial charge in [0.25, 0.3) is 0 Å². The Bertz CT molecular complexity index is 354. The van der Waals surface area contributed by atoms with Gasteiger partial charge in [0.2, 0.25) is 0 Å². The van der Waals surface area contributed by atoms with Gasteiger partial charge in [0.05, 0.1) is 0 Å². The zero-order valence-corrected chi connectivity index (χ0v) is 11.8. The molecule has 0 aromatic heterocycles. The maximum Gasteiger partial charge on any atom is 0.0481 e. The monoisotopic (exact) mass is 234 g/mol. The zero-order chi connectivity index (χ0) is 13.1. The van der Waals surface area contributed by atoms with E-state index < -0.39 is 0 Å². The van der Waals surface area contributed by atoms with Crippen molar-refractivity contribution >= 4 is 0 Å². The predicted molar refractivity (Wildman–Crippen MR) is 75.1 cm³/mol. The molecule has 1 rings (SSSR count). The van der Waals surface area contributed by atoms with Gasteiger partial charge in [-0.1, -0.05) is 43.7 Å². The van der Waals surface area contributed by atoms with Gasteiger partial charge in [-0.15, -0.1) is 0 Å². The maximum atomic E-state index is 6.52. The van der Waals surface area contributed by atoms with Crippen molar-refractivity contribution in [3.05, 3.63) is 35.4 Å². The Kier molecular flexibility index (Phi) is 4.72. The lowest BCUT2D eigenvalue weighted by atomic mass is 9.80. The number of rotatable bonds is 5. The smallest absolute Gasteiger partial charge is 0.0481 e. The Labute approximate surface area is 106 Å². The van der Waals surface area contributed by atoms with Gasteiger partial charge in [-0.25, -0.2) is 0 Å². The van der Waals surface area contributed by atoms with Crippen LogP contribution < -0.4 is 5.73 Å². The van der Waals surface area contributed by atoms with Crippen molar-refractivity contribution in [1.82, 2.24) is 4.90 Å². The van der Waals surface area contributed by atoms with Crippen molar-refractivity contribution in [3.8, 4) is 0 Å². The SMILES string of the molecule is CCC(CC)(C(N)c1cccc(C)c1)N(C)C. The molecule has 1 atom stereocenters. The molecule has 1 unspecified atom stereocenters. The van der Waals surface area contributed by atoms with Crippen molar-refractivity contribution < 1.29 is 0 Å². The first kappa shape index (κ1) is 14.2. The molecule has 0 radical (unpaired) electrons. The lowest BCUT2D eigenvalue weighted by Crippen LogP contribution is -2.51. The van der Waals surface area contributed by atoms with E-state index >= 15 is 0 Å². The quantitative estimate of drug-likeness (QED) is 0.848. The van der Waals surface area contributed by atoms with Gasteiger partial charge in [0.1, 0.15) is 0 Å². The summed E-state index contributed by atoms with van der Waals surface area (Å²) in [6.07, 6.45) is 2.12. The molecule has 0 amide bonds. The number of hydrogen-bond acceptors (Lipinski definition) is 2. The van der Waals surface area contributed by atoms with E-state index in [9.17, 15) is 0 Å². The summed E-state index contributed by atoms with van der Waals surface area (Å²) in [5.41, 5.74) is 9.09. The fourth-order valence-corrected chi connectivity index (χ4v) is 2.77. The summed E-state index contributed by atoms with van der Waals surface area (Å²) >= 11 is 0. The standard InChI is InChI=1S/C15H26N2/c1-6-15(7-2,17(4)5)14(16)13-10-8-9-12(3)11-13/h8-11,14H,6-7,16H2,1-5H3. The number of benzene rings is 1. The van der Waals surface area contributed by atoms with Crippen LogP contribution in [0.25, 0.3) is 0 Å². The first-order chi connectivity index (χ1) is 7.97. The van der Waals surface area contributed by atoms with Gasteiger partial charge in [-0.2, -0.15) is 0 Å². The van der Waals surface area contributed by atoms with Gasteiger partial charge < -0.3 is 10.6 Å². The van der Waals surface area contributed by atoms with E-state index in [1.807, 2.05) is 0 Å². The number of likely N-dealkylation sites (N-methyl/N-ethyl adjacent to an activating group) is 1. The topological polar surface area (TPSA) is 29.3 Å². The third-order valence-corrected chi connectivity index (χ3v) is 4.10. The van der Waals surface area contributed by atoms with Crippen LogP contribution in [0.4, 0.5) is 0 Å². The molecule has 0 saturated carbocycles. The van der Waals surface area contributed by atoms with E-state index in [-0.39, 0.29) is 11.6 Å². The summed E-state index contributed by atoms with van der Waals surface area (Å²) in [7, 11) is 4.26. The van der Waals surface area contributed by atoms with Crippen LogP contribution in [0.2, 0.25) is 0 Å². The lowest BCUT2D eigenvalue weighted by Gasteiger charge is -2.43. The Hall–Kier alpha value is -0.860. The van der Waals surface area contributed by atoms with E-state index in [0.717, 1.165) is 12.8 Å². The highest BCUT2D eigenvalue weighted by molar-refractivity contribution is 5.27. The second-order valence-electron chi connectivity index (χ2n) is 5.10. The molecule has 17 heavy (non-hydrogen) atoms. The molecule has 0 spiro atoms. The summed E-state index contributed by atoms with van der Waals surface area (Å²) in [5.74, 6) is 0. The van der Waals surface area contributed by atoms with Crippen LogP contribution in [0.5, 0.6) is 0 Å². The fraction of sp³-hybridized carbons (Fsp3) is 0.600. The maximum absolute atomic E-state index is 6.52. The molecule has 0 heterocycles. The molecule has 0 aliphatic carbocycles. The second-order valence-corrected chi connectivity index (χ2v) is 5.10. The van der Waals surface area contributed by atoms with E-state index in [2.05, 4.69) is 64.0 Å². The summed E-state index contributed by atoms with van der Waals surface area (Å²) in [6.45, 7) is 6.56. The van der Waals surface area contributed by atoms with Crippen molar-refractivity contribution in [3.63, 3.8) is 0 Å². The average molecular weight is 234 g/mol. The third-order valence-electron chi connectivity index (χ3n) is 4.10. The van der Waals surface area contributed by atoms with Crippen LogP contribution in [-0.2, 0) is 0 Å². The third kappa shape index (κ3) is 2.70. The van der Waals surface area contributed by atoms with Crippen LogP contribution >= 0.6 is 0 Å². The summed E-state index contributed by atoms with van der Waals surface area (Å²) in [5, 5.41) is 0. The molecule has 1 aromatic carbocycles. The first-order valence-electron chi connectivity index (χ1n) is 6.47. The Morgan fingerprint density at radius 1 is 1.24 bits per heavy atom. The van der Waals surface area contributed by atoms with Gasteiger partial charge in [-0.05, 0) is 39.4 Å². The fourth-order valence-electron chi connectivity index (χ4n) is 2.77. The summed E-state index contributed by atoms with van der Waals surface area (Å²) in [4.78, 5) is 2.28. The molecule has 2 heteroatoms. The van der Waals surface area contributed by atoms with Crippen molar-refractivity contribution in [2.24, 2.45) is 5.73 Å². The molecule has 0 aliphatic heterocycles. The number of nitrogens with two attached hydrogens (primary N) is 1. The van der Waals surface area contributed by atoms with Crippen LogP contribution in [0.1, 0.15) is 43.9 Å². The molecule has 0 aliphatic rings. The van der Waals surface area contributed by atoms with E-state index in [1.165, 1.54) is 11.1 Å². The van der Waals surface area contributed by atoms with E-state index in [1.54, 1.807) is 0 Å². The summed E-state index contributed by atoms with van der Waals surface area (Å²) in [6, 6.07) is 8.62. The minimum atomic E-state index is 0.0494. The highest BCUT2D eigenvalue weighted by atomic mass is 15.2. The van der Waals surface area contributed by atoms with Crippen LogP contribution in [0, 0.1) is 6.92 Å². The van der Waals surface area contributed by atoms with Crippen LogP contribution in [0.3, 0.4) is 0 Å². The zero-order valence-electron chi connectivity index (χ0n) is 11.8. The van der Waals surface area contributed by atoms with Gasteiger partial charge in [0.15, 0.2) is 0 Å². The van der Waals surface area contributed by atoms with Crippen molar-refractivity contribution in [2.75, 3.05) is 14.1 Å². The number of nitrogens with zero attached hydrogens (tertiary/aromatic N) is 1. The molecule has 2 nitrogen and oxygen atoms in total. The number of hydrogen-bond donors (Lipinski definition) is 1. The average Bonchev–Trinajstić information content (AvgIpc) is 2.30. The van der Waals surface area contributed by atoms with E-state index in [0.29, 0.717) is 0 Å². The van der Waals surface area contributed by atoms with Crippen molar-refractivity contribution in [1.29, 1.82) is 0 Å². The van der Waals surface area contributed by atoms with Gasteiger partial charge in [-0.3, -0.25) is 0 Å². The molecule has 0 saturated heterocycles. The largest absolute Gasteiger partial charge is 0.322 e. The molecule has 1 aromatic rings. The first-order valence-corrected chi connectivity index (χ1v) is 6.47. The minimum Gasteiger partial charge on any atom is -0.322 e. The highest BCUT2D eigenvalue weighted by Crippen LogP contribution is 2.34. The molecule has 2 N–H and O–H groups in total. The minimum absolute atomic E-state index is 0.0494. The summed E-state index contributed by atoms with van der Waals surface area (Å²) < 4.78 is 0. The van der Waals surface area contributed by atoms with Crippen molar-refractivity contribution in [2.45, 2.75) is 45.2 Å². The van der Waals surface area contributed by atoms with Gasteiger partial charge >= 0.3 is 0 Å². The Morgan fingerprint density at radius 2 is 1.82 bits per heavy atom. The van der Waals surface area contributed by atoms with Crippen LogP contribution in [-0.4, -0.2) is 24.5 Å². The lowest BCUT2D eigenvalue weighted by molar-refractivity contribution is 0.106. The molecular formula is C15H26N2. The molecular weight excluding hydrogens is 208 g/mol. The van der Waals surface area contributed by atoms with E-state index in [4.69, 9.17) is 5.73 Å². The molecule has 0 fully saturated rings. The normalized spacial score (nSPS) is 14.1. The van der Waals surface area contributed by atoms with Crippen LogP contribution in [0.15, 0.2) is 24.3 Å². The Morgan fingerprint density at radius 3 is 2.24 bits per heavy atom. The molecule has 96 valence electrons. The highest BCUT2D eigenvalue weighted by Gasteiger charge is 2.36. The second kappa shape index (κ2) is 5.65. The Balaban J connectivity index is 3.12. The predicted octanol–water partition coefficient (Wildman–Crippen LogP) is 3.12. The van der Waals surface area contributed by atoms with Gasteiger partial charge in [0, 0.05) is 11.6 Å².